The van der Waals surface area contributed by atoms with Gasteiger partial charge in [0.2, 0.25) is 15.9 Å². The van der Waals surface area contributed by atoms with Crippen LogP contribution in [0, 0.1) is 0 Å². The molecule has 2 heterocycles. The zero-order valence-electron chi connectivity index (χ0n) is 17.5. The number of urea groups is 1. The van der Waals surface area contributed by atoms with Crippen LogP contribution < -0.4 is 10.6 Å². The van der Waals surface area contributed by atoms with Crippen LogP contribution in [0.2, 0.25) is 0 Å². The van der Waals surface area contributed by atoms with E-state index in [1.165, 1.54) is 22.5 Å². The van der Waals surface area contributed by atoms with Gasteiger partial charge in [0.15, 0.2) is 0 Å². The quantitative estimate of drug-likeness (QED) is 0.597. The van der Waals surface area contributed by atoms with Crippen molar-refractivity contribution < 1.29 is 39.6 Å². The van der Waals surface area contributed by atoms with E-state index < -0.39 is 53.2 Å². The van der Waals surface area contributed by atoms with Gasteiger partial charge in [-0.25, -0.2) is 13.2 Å². The normalized spacial score (nSPS) is 22.5. The van der Waals surface area contributed by atoms with Crippen LogP contribution in [0.1, 0.15) is 43.6 Å². The van der Waals surface area contributed by atoms with Crippen molar-refractivity contribution in [2.75, 3.05) is 6.54 Å². The highest BCUT2D eigenvalue weighted by atomic mass is 32.2. The minimum Gasteiger partial charge on any atom is -0.415 e. The highest BCUT2D eigenvalue weighted by Crippen LogP contribution is 2.38. The van der Waals surface area contributed by atoms with Gasteiger partial charge in [0.05, 0.1) is 4.90 Å². The van der Waals surface area contributed by atoms with Gasteiger partial charge in [-0.15, -0.1) is 10.2 Å². The molecule has 0 radical (unpaired) electrons. The SMILES string of the molecule is O=C(NCC(F)(F)F)N[C@@H]1CCCC[C@H]1N1Cc2ccc(-c3nnc(C(F)F)o3)cc2S1(=O)=O. The lowest BCUT2D eigenvalue weighted by Gasteiger charge is -2.37. The molecule has 1 saturated carbocycles. The van der Waals surface area contributed by atoms with E-state index in [-0.39, 0.29) is 22.9 Å². The zero-order chi connectivity index (χ0) is 24.7. The number of fused-ring (bicyclic) bond motifs is 1. The molecule has 1 aromatic heterocycles. The second-order valence-corrected chi connectivity index (χ2v) is 9.88. The minimum absolute atomic E-state index is 0.00290. The predicted molar refractivity (Wildman–Crippen MR) is 106 cm³/mol. The molecule has 1 aromatic carbocycles. The van der Waals surface area contributed by atoms with Gasteiger partial charge in [-0.05, 0) is 30.5 Å². The first-order valence-corrected chi connectivity index (χ1v) is 11.8. The van der Waals surface area contributed by atoms with Crippen LogP contribution in [-0.4, -0.2) is 53.8 Å². The van der Waals surface area contributed by atoms with Crippen molar-refractivity contribution in [3.8, 4) is 11.5 Å². The molecule has 15 heteroatoms. The molecule has 1 aliphatic heterocycles. The first-order chi connectivity index (χ1) is 16.0. The fourth-order valence-corrected chi connectivity index (χ4v) is 6.11. The Morgan fingerprint density at radius 1 is 1.21 bits per heavy atom. The first kappa shape index (κ1) is 24.3. The van der Waals surface area contributed by atoms with Crippen molar-refractivity contribution in [2.24, 2.45) is 0 Å². The van der Waals surface area contributed by atoms with E-state index in [4.69, 9.17) is 4.42 Å². The second kappa shape index (κ2) is 9.09. The van der Waals surface area contributed by atoms with Gasteiger partial charge in [-0.3, -0.25) is 0 Å². The molecule has 2 N–H and O–H groups in total. The lowest BCUT2D eigenvalue weighted by Crippen LogP contribution is -2.55. The van der Waals surface area contributed by atoms with Gasteiger partial charge in [0.25, 0.3) is 5.89 Å². The van der Waals surface area contributed by atoms with Crippen molar-refractivity contribution >= 4 is 16.1 Å². The molecule has 34 heavy (non-hydrogen) atoms. The Morgan fingerprint density at radius 2 is 1.94 bits per heavy atom. The number of nitrogens with one attached hydrogen (secondary N) is 2. The summed E-state index contributed by atoms with van der Waals surface area (Å²) >= 11 is 0. The smallest absolute Gasteiger partial charge is 0.405 e. The maximum atomic E-state index is 13.3. The largest absolute Gasteiger partial charge is 0.415 e. The van der Waals surface area contributed by atoms with Gasteiger partial charge in [0.1, 0.15) is 6.54 Å². The molecule has 2 aliphatic rings. The molecule has 1 aliphatic carbocycles. The molecule has 0 spiro atoms. The standard InChI is InChI=1S/C19H20F5N5O4S/c20-15(21)17-28-27-16(33-17)10-5-6-11-8-29(34(31,32)14(11)7-10)13-4-2-1-3-12(13)26-18(30)25-9-19(22,23)24/h5-7,12-13,15H,1-4,8-9H2,(H2,25,26,30)/t12-,13-/m1/s1. The number of carbonyl (C=O) groups is 1. The number of benzene rings is 1. The van der Waals surface area contributed by atoms with Gasteiger partial charge in [-0.2, -0.15) is 26.3 Å². The first-order valence-electron chi connectivity index (χ1n) is 10.3. The van der Waals surface area contributed by atoms with Gasteiger partial charge in [0, 0.05) is 24.2 Å². The number of halogens is 5. The molecule has 2 amide bonds. The Hall–Kier alpha value is -2.81. The van der Waals surface area contributed by atoms with Gasteiger partial charge in [-0.1, -0.05) is 18.9 Å². The molecule has 0 unspecified atom stereocenters. The lowest BCUT2D eigenvalue weighted by atomic mass is 9.90. The number of hydrogen-bond acceptors (Lipinski definition) is 6. The molecule has 9 nitrogen and oxygen atoms in total. The van der Waals surface area contributed by atoms with Crippen molar-refractivity contribution in [1.29, 1.82) is 0 Å². The lowest BCUT2D eigenvalue weighted by molar-refractivity contribution is -0.122. The van der Waals surface area contributed by atoms with E-state index in [0.717, 1.165) is 0 Å². The number of nitrogens with zero attached hydrogens (tertiary/aromatic N) is 3. The summed E-state index contributed by atoms with van der Waals surface area (Å²) in [6.07, 6.45) is -5.38. The Kier molecular flexibility index (Phi) is 6.50. The number of alkyl halides is 5. The zero-order valence-corrected chi connectivity index (χ0v) is 18.3. The third-order valence-corrected chi connectivity index (χ3v) is 7.67. The van der Waals surface area contributed by atoms with Crippen molar-refractivity contribution in [2.45, 2.75) is 61.8 Å². The number of hydrogen-bond donors (Lipinski definition) is 2. The Bertz CT molecular complexity index is 1170. The third-order valence-electron chi connectivity index (χ3n) is 5.72. The topological polar surface area (TPSA) is 117 Å². The summed E-state index contributed by atoms with van der Waals surface area (Å²) in [6.45, 7) is -1.51. The average Bonchev–Trinajstić information content (AvgIpc) is 3.35. The summed E-state index contributed by atoms with van der Waals surface area (Å²) < 4.78 is 95.4. The minimum atomic E-state index is -4.57. The molecule has 0 saturated heterocycles. The van der Waals surface area contributed by atoms with E-state index >= 15 is 0 Å². The maximum absolute atomic E-state index is 13.3. The predicted octanol–water partition coefficient (Wildman–Crippen LogP) is 3.35. The second-order valence-electron chi connectivity index (χ2n) is 8.02. The molecule has 2 aromatic rings. The van der Waals surface area contributed by atoms with Crippen LogP contribution in [0.3, 0.4) is 0 Å². The van der Waals surface area contributed by atoms with E-state index in [1.807, 2.05) is 0 Å². The van der Waals surface area contributed by atoms with Crippen LogP contribution in [0.4, 0.5) is 26.7 Å². The van der Waals surface area contributed by atoms with Crippen LogP contribution >= 0.6 is 0 Å². The molecule has 4 rings (SSSR count). The number of amides is 2. The number of sulfonamides is 1. The summed E-state index contributed by atoms with van der Waals surface area (Å²) in [5.41, 5.74) is 0.594. The van der Waals surface area contributed by atoms with Gasteiger partial charge >= 0.3 is 18.6 Å². The molecule has 0 bridgehead atoms. The number of aromatic nitrogens is 2. The molecule has 1 fully saturated rings. The van der Waals surface area contributed by atoms with Crippen molar-refractivity contribution in [3.05, 3.63) is 29.7 Å². The van der Waals surface area contributed by atoms with E-state index in [2.05, 4.69) is 15.5 Å². The highest BCUT2D eigenvalue weighted by molar-refractivity contribution is 7.89. The monoisotopic (exact) mass is 509 g/mol. The summed E-state index contributed by atoms with van der Waals surface area (Å²) in [7, 11) is -4.05. The summed E-state index contributed by atoms with van der Waals surface area (Å²) in [5, 5.41) is 11.0. The number of rotatable bonds is 5. The fourth-order valence-electron chi connectivity index (χ4n) is 4.20. The summed E-state index contributed by atoms with van der Waals surface area (Å²) in [5.74, 6) is -1.15. The van der Waals surface area contributed by atoms with E-state index in [1.54, 1.807) is 5.32 Å². The molecule has 186 valence electrons. The number of carbonyl (C=O) groups excluding carboxylic acids is 1. The molecular weight excluding hydrogens is 489 g/mol. The van der Waals surface area contributed by atoms with Crippen LogP contribution in [-0.2, 0) is 16.6 Å². The van der Waals surface area contributed by atoms with Crippen LogP contribution in [0.5, 0.6) is 0 Å². The molecular formula is C19H20F5N5O4S. The Labute approximate surface area is 190 Å². The average molecular weight is 509 g/mol. The Balaban J connectivity index is 1.54. The van der Waals surface area contributed by atoms with Crippen molar-refractivity contribution in [3.63, 3.8) is 0 Å². The van der Waals surface area contributed by atoms with Crippen LogP contribution in [0.15, 0.2) is 27.5 Å². The summed E-state index contributed by atoms with van der Waals surface area (Å²) in [4.78, 5) is 11.9. The molecule has 2 atom stereocenters. The fraction of sp³-hybridized carbons (Fsp3) is 0.526. The van der Waals surface area contributed by atoms with Crippen molar-refractivity contribution in [1.82, 2.24) is 25.1 Å². The Morgan fingerprint density at radius 3 is 2.62 bits per heavy atom. The van der Waals surface area contributed by atoms with E-state index in [9.17, 15) is 35.2 Å². The highest BCUT2D eigenvalue weighted by Gasteiger charge is 2.43. The van der Waals surface area contributed by atoms with Crippen LogP contribution in [0.25, 0.3) is 11.5 Å². The van der Waals surface area contributed by atoms with E-state index in [0.29, 0.717) is 31.2 Å². The third kappa shape index (κ3) is 4.99. The van der Waals surface area contributed by atoms with Gasteiger partial charge < -0.3 is 15.1 Å². The maximum Gasteiger partial charge on any atom is 0.405 e. The summed E-state index contributed by atoms with van der Waals surface area (Å²) in [6, 6.07) is 1.86.